The summed E-state index contributed by atoms with van der Waals surface area (Å²) in [5.74, 6) is 0.241. The highest BCUT2D eigenvalue weighted by Gasteiger charge is 2.16. The van der Waals surface area contributed by atoms with Crippen molar-refractivity contribution in [2.45, 2.75) is 0 Å². The molecule has 0 aromatic heterocycles. The van der Waals surface area contributed by atoms with Crippen LogP contribution in [0.2, 0.25) is 0 Å². The Labute approximate surface area is 197 Å². The molecule has 6 nitrogen and oxygen atoms in total. The van der Waals surface area contributed by atoms with E-state index in [-0.39, 0.29) is 11.6 Å². The molecule has 4 rings (SSSR count). The predicted octanol–water partition coefficient (Wildman–Crippen LogP) is 5.27. The lowest BCUT2D eigenvalue weighted by Gasteiger charge is -2.13. The molecule has 0 saturated carbocycles. The minimum Gasteiger partial charge on any atom is -0.493 e. The molecule has 4 aromatic carbocycles. The van der Waals surface area contributed by atoms with Crippen molar-refractivity contribution in [3.63, 3.8) is 0 Å². The lowest BCUT2D eigenvalue weighted by molar-refractivity contribution is -0.113. The first-order valence-corrected chi connectivity index (χ1v) is 10.7. The zero-order valence-electron chi connectivity index (χ0n) is 18.9. The SMILES string of the molecule is COc1ccc(/C=C(\NC(=O)c2ccccc2)C(=O)Nc2cccc3ccccc23)cc1OC. The van der Waals surface area contributed by atoms with Gasteiger partial charge in [-0.05, 0) is 47.4 Å². The van der Waals surface area contributed by atoms with Crippen LogP contribution in [-0.2, 0) is 4.79 Å². The van der Waals surface area contributed by atoms with Crippen molar-refractivity contribution in [2.24, 2.45) is 0 Å². The summed E-state index contributed by atoms with van der Waals surface area (Å²) in [6, 6.07) is 27.4. The van der Waals surface area contributed by atoms with E-state index in [1.54, 1.807) is 55.7 Å². The van der Waals surface area contributed by atoms with Gasteiger partial charge in [0.1, 0.15) is 5.70 Å². The lowest BCUT2D eigenvalue weighted by atomic mass is 10.1. The van der Waals surface area contributed by atoms with Crippen molar-refractivity contribution in [2.75, 3.05) is 19.5 Å². The molecule has 0 radical (unpaired) electrons. The van der Waals surface area contributed by atoms with E-state index in [4.69, 9.17) is 9.47 Å². The van der Waals surface area contributed by atoms with Crippen molar-refractivity contribution in [1.29, 1.82) is 0 Å². The van der Waals surface area contributed by atoms with Gasteiger partial charge in [-0.25, -0.2) is 0 Å². The van der Waals surface area contributed by atoms with Crippen molar-refractivity contribution in [3.8, 4) is 11.5 Å². The topological polar surface area (TPSA) is 76.7 Å². The molecule has 2 amide bonds. The molecule has 0 bridgehead atoms. The molecular weight excluding hydrogens is 428 g/mol. The number of amides is 2. The van der Waals surface area contributed by atoms with Crippen molar-refractivity contribution < 1.29 is 19.1 Å². The van der Waals surface area contributed by atoms with E-state index in [0.717, 1.165) is 10.8 Å². The summed E-state index contributed by atoms with van der Waals surface area (Å²) in [7, 11) is 3.09. The van der Waals surface area contributed by atoms with Gasteiger partial charge >= 0.3 is 0 Å². The fourth-order valence-corrected chi connectivity index (χ4v) is 3.58. The van der Waals surface area contributed by atoms with Gasteiger partial charge in [0.25, 0.3) is 11.8 Å². The monoisotopic (exact) mass is 452 g/mol. The molecule has 0 heterocycles. The van der Waals surface area contributed by atoms with Crippen LogP contribution < -0.4 is 20.1 Å². The zero-order valence-corrected chi connectivity index (χ0v) is 18.9. The number of ether oxygens (including phenoxy) is 2. The Kier molecular flexibility index (Phi) is 6.89. The van der Waals surface area contributed by atoms with Crippen LogP contribution in [0.3, 0.4) is 0 Å². The van der Waals surface area contributed by atoms with Crippen LogP contribution in [0.4, 0.5) is 5.69 Å². The van der Waals surface area contributed by atoms with Gasteiger partial charge in [0.2, 0.25) is 0 Å². The Morgan fingerprint density at radius 3 is 2.24 bits per heavy atom. The predicted molar refractivity (Wildman–Crippen MR) is 134 cm³/mol. The molecule has 0 aliphatic carbocycles. The van der Waals surface area contributed by atoms with Gasteiger partial charge in [-0.2, -0.15) is 0 Å². The van der Waals surface area contributed by atoms with Gasteiger partial charge in [-0.3, -0.25) is 9.59 Å². The molecule has 6 heteroatoms. The number of carbonyl (C=O) groups excluding carboxylic acids is 2. The first-order chi connectivity index (χ1) is 16.6. The number of methoxy groups -OCH3 is 2. The Hall–Kier alpha value is -4.58. The molecule has 0 unspecified atom stereocenters. The van der Waals surface area contributed by atoms with Crippen molar-refractivity contribution in [1.82, 2.24) is 5.32 Å². The number of anilines is 1. The fraction of sp³-hybridized carbons (Fsp3) is 0.0714. The number of hydrogen-bond acceptors (Lipinski definition) is 4. The van der Waals surface area contributed by atoms with E-state index in [1.165, 1.54) is 7.11 Å². The number of hydrogen-bond donors (Lipinski definition) is 2. The van der Waals surface area contributed by atoms with Gasteiger partial charge in [-0.1, -0.05) is 60.7 Å². The molecular formula is C28H24N2O4. The normalized spacial score (nSPS) is 11.1. The summed E-state index contributed by atoms with van der Waals surface area (Å²) in [6.45, 7) is 0. The van der Waals surface area contributed by atoms with E-state index in [2.05, 4.69) is 10.6 Å². The Balaban J connectivity index is 1.70. The third kappa shape index (κ3) is 5.07. The minimum absolute atomic E-state index is 0.0917. The highest BCUT2D eigenvalue weighted by atomic mass is 16.5. The summed E-state index contributed by atoms with van der Waals surface area (Å²) >= 11 is 0. The maximum atomic E-state index is 13.4. The Morgan fingerprint density at radius 2 is 1.47 bits per heavy atom. The van der Waals surface area contributed by atoms with Gasteiger partial charge in [-0.15, -0.1) is 0 Å². The number of benzene rings is 4. The summed E-state index contributed by atoms with van der Waals surface area (Å²) in [4.78, 5) is 26.2. The molecule has 0 atom stereocenters. The third-order valence-electron chi connectivity index (χ3n) is 5.29. The van der Waals surface area contributed by atoms with Crippen LogP contribution in [0.15, 0.2) is 96.7 Å². The van der Waals surface area contributed by atoms with Crippen LogP contribution in [0.5, 0.6) is 11.5 Å². The fourth-order valence-electron chi connectivity index (χ4n) is 3.58. The maximum absolute atomic E-state index is 13.4. The van der Waals surface area contributed by atoms with Crippen molar-refractivity contribution in [3.05, 3.63) is 108 Å². The third-order valence-corrected chi connectivity index (χ3v) is 5.29. The molecule has 2 N–H and O–H groups in total. The first kappa shape index (κ1) is 22.6. The van der Waals surface area contributed by atoms with E-state index < -0.39 is 5.91 Å². The molecule has 4 aromatic rings. The van der Waals surface area contributed by atoms with Crippen LogP contribution >= 0.6 is 0 Å². The number of fused-ring (bicyclic) bond motifs is 1. The number of carbonyl (C=O) groups is 2. The van der Waals surface area contributed by atoms with E-state index in [1.807, 2.05) is 48.5 Å². The second-order valence-corrected chi connectivity index (χ2v) is 7.47. The Morgan fingerprint density at radius 1 is 0.765 bits per heavy atom. The van der Waals surface area contributed by atoms with Gasteiger partial charge in [0, 0.05) is 16.6 Å². The van der Waals surface area contributed by atoms with Crippen molar-refractivity contribution >= 4 is 34.4 Å². The van der Waals surface area contributed by atoms with Gasteiger partial charge in [0.05, 0.1) is 14.2 Å². The lowest BCUT2D eigenvalue weighted by Crippen LogP contribution is -2.30. The van der Waals surface area contributed by atoms with E-state index >= 15 is 0 Å². The average molecular weight is 453 g/mol. The standard InChI is InChI=1S/C28H24N2O4/c1-33-25-16-15-19(18-26(25)34-2)17-24(30-27(31)21-10-4-3-5-11-21)28(32)29-23-14-8-12-20-9-6-7-13-22(20)23/h3-18H,1-2H3,(H,29,32)(H,30,31)/b24-17-. The summed E-state index contributed by atoms with van der Waals surface area (Å²) in [5.41, 5.74) is 1.84. The smallest absolute Gasteiger partial charge is 0.272 e. The van der Waals surface area contributed by atoms with Crippen LogP contribution in [0, 0.1) is 0 Å². The summed E-state index contributed by atoms with van der Waals surface area (Å²) in [6.07, 6.45) is 1.60. The number of nitrogens with one attached hydrogen (secondary N) is 2. The van der Waals surface area contributed by atoms with E-state index in [0.29, 0.717) is 28.3 Å². The molecule has 0 aliphatic heterocycles. The molecule has 0 aliphatic rings. The molecule has 170 valence electrons. The summed E-state index contributed by atoms with van der Waals surface area (Å²) < 4.78 is 10.7. The van der Waals surface area contributed by atoms with Gasteiger partial charge < -0.3 is 20.1 Å². The van der Waals surface area contributed by atoms with Gasteiger partial charge in [0.15, 0.2) is 11.5 Å². The minimum atomic E-state index is -0.449. The first-order valence-electron chi connectivity index (χ1n) is 10.7. The maximum Gasteiger partial charge on any atom is 0.272 e. The van der Waals surface area contributed by atoms with Crippen LogP contribution in [-0.4, -0.2) is 26.0 Å². The Bertz CT molecular complexity index is 1360. The second-order valence-electron chi connectivity index (χ2n) is 7.47. The number of rotatable bonds is 7. The highest BCUT2D eigenvalue weighted by molar-refractivity contribution is 6.13. The molecule has 0 spiro atoms. The van der Waals surface area contributed by atoms with Crippen LogP contribution in [0.1, 0.15) is 15.9 Å². The van der Waals surface area contributed by atoms with Crippen LogP contribution in [0.25, 0.3) is 16.8 Å². The molecule has 0 saturated heterocycles. The second kappa shape index (κ2) is 10.4. The largest absolute Gasteiger partial charge is 0.493 e. The van der Waals surface area contributed by atoms with E-state index in [9.17, 15) is 9.59 Å². The summed E-state index contributed by atoms with van der Waals surface area (Å²) in [5, 5.41) is 7.59. The highest BCUT2D eigenvalue weighted by Crippen LogP contribution is 2.29. The quantitative estimate of drug-likeness (QED) is 0.375. The molecule has 0 fully saturated rings. The average Bonchev–Trinajstić information content (AvgIpc) is 2.88. The molecule has 34 heavy (non-hydrogen) atoms. The zero-order chi connectivity index (χ0) is 23.9.